The van der Waals surface area contributed by atoms with Crippen LogP contribution in [0.25, 0.3) is 11.1 Å². The van der Waals surface area contributed by atoms with Gasteiger partial charge in [-0.15, -0.1) is 0 Å². The van der Waals surface area contributed by atoms with Gasteiger partial charge in [0.05, 0.1) is 6.33 Å². The number of anilines is 1. The van der Waals surface area contributed by atoms with Crippen molar-refractivity contribution >= 4 is 11.6 Å². The summed E-state index contributed by atoms with van der Waals surface area (Å²) >= 11 is 0. The second-order valence-corrected chi connectivity index (χ2v) is 7.40. The van der Waals surface area contributed by atoms with Gasteiger partial charge < -0.3 is 24.3 Å². The van der Waals surface area contributed by atoms with Gasteiger partial charge in [-0.2, -0.15) is 0 Å². The lowest BCUT2D eigenvalue weighted by atomic mass is 10.0. The van der Waals surface area contributed by atoms with Gasteiger partial charge >= 0.3 is 0 Å². The Morgan fingerprint density at radius 1 is 1.06 bits per heavy atom. The molecule has 0 fully saturated rings. The van der Waals surface area contributed by atoms with Gasteiger partial charge in [0, 0.05) is 30.8 Å². The molecule has 4 aromatic rings. The Balaban J connectivity index is 1.30. The standard InChI is InChI=1S/C24H20N4O4/c29-23-20(11-18(13-26-23)17-3-6-21-22(12-17)32-15-31-21)24(30)27-19-4-1-16(2-5-19)7-9-28-10-8-25-14-28/h1-6,8,10-14H,7,9,15H2,(H,26,29)(H,27,30). The smallest absolute Gasteiger partial charge is 0.261 e. The van der Waals surface area contributed by atoms with E-state index in [1.807, 2.05) is 47.2 Å². The number of nitrogens with zero attached hydrogens (tertiary/aromatic N) is 2. The molecule has 160 valence electrons. The molecule has 0 unspecified atom stereocenters. The van der Waals surface area contributed by atoms with Crippen LogP contribution in [-0.2, 0) is 13.0 Å². The van der Waals surface area contributed by atoms with E-state index in [0.717, 1.165) is 24.1 Å². The predicted octanol–water partition coefficient (Wildman–Crippen LogP) is 3.46. The minimum Gasteiger partial charge on any atom is -0.454 e. The Bertz CT molecular complexity index is 1310. The lowest BCUT2D eigenvalue weighted by molar-refractivity contribution is 0.102. The fourth-order valence-electron chi connectivity index (χ4n) is 3.53. The van der Waals surface area contributed by atoms with Crippen molar-refractivity contribution in [3.05, 3.63) is 94.9 Å². The molecule has 1 aliphatic heterocycles. The molecule has 1 amide bonds. The zero-order valence-corrected chi connectivity index (χ0v) is 17.1. The number of ether oxygens (including phenoxy) is 2. The lowest BCUT2D eigenvalue weighted by Gasteiger charge is -2.08. The van der Waals surface area contributed by atoms with Crippen molar-refractivity contribution in [3.8, 4) is 22.6 Å². The van der Waals surface area contributed by atoms with Crippen molar-refractivity contribution in [3.63, 3.8) is 0 Å². The number of benzene rings is 2. The van der Waals surface area contributed by atoms with E-state index in [1.54, 1.807) is 30.9 Å². The predicted molar refractivity (Wildman–Crippen MR) is 119 cm³/mol. The average Bonchev–Trinajstić information content (AvgIpc) is 3.50. The quantitative estimate of drug-likeness (QED) is 0.490. The third kappa shape index (κ3) is 4.11. The van der Waals surface area contributed by atoms with Crippen molar-refractivity contribution in [1.82, 2.24) is 14.5 Å². The van der Waals surface area contributed by atoms with Gasteiger partial charge in [-0.25, -0.2) is 4.98 Å². The maximum atomic E-state index is 12.8. The number of pyridine rings is 1. The maximum Gasteiger partial charge on any atom is 0.261 e. The molecule has 0 bridgehead atoms. The minimum absolute atomic E-state index is 0.0318. The van der Waals surface area contributed by atoms with Gasteiger partial charge in [-0.1, -0.05) is 18.2 Å². The highest BCUT2D eigenvalue weighted by molar-refractivity contribution is 6.04. The summed E-state index contributed by atoms with van der Waals surface area (Å²) in [4.78, 5) is 31.8. The summed E-state index contributed by atoms with van der Waals surface area (Å²) in [6, 6.07) is 14.6. The van der Waals surface area contributed by atoms with E-state index in [4.69, 9.17) is 9.47 Å². The van der Waals surface area contributed by atoms with E-state index >= 15 is 0 Å². The molecule has 8 heteroatoms. The molecule has 0 saturated carbocycles. The van der Waals surface area contributed by atoms with Gasteiger partial charge in [-0.3, -0.25) is 9.59 Å². The average molecular weight is 428 g/mol. The van der Waals surface area contributed by atoms with Crippen LogP contribution in [0.3, 0.4) is 0 Å². The van der Waals surface area contributed by atoms with Crippen LogP contribution < -0.4 is 20.3 Å². The van der Waals surface area contributed by atoms with Crippen LogP contribution in [0.4, 0.5) is 5.69 Å². The molecule has 2 aromatic carbocycles. The van der Waals surface area contributed by atoms with Gasteiger partial charge in [0.1, 0.15) is 5.56 Å². The molecule has 8 nitrogen and oxygen atoms in total. The Labute approximate surface area is 183 Å². The first kappa shape index (κ1) is 19.6. The van der Waals surface area contributed by atoms with Crippen LogP contribution in [0, 0.1) is 0 Å². The second-order valence-electron chi connectivity index (χ2n) is 7.40. The summed E-state index contributed by atoms with van der Waals surface area (Å²) in [5.41, 5.74) is 2.84. The van der Waals surface area contributed by atoms with Gasteiger partial charge in [0.15, 0.2) is 11.5 Å². The molecule has 0 saturated heterocycles. The molecule has 0 radical (unpaired) electrons. The number of aromatic amines is 1. The van der Waals surface area contributed by atoms with E-state index in [-0.39, 0.29) is 12.4 Å². The van der Waals surface area contributed by atoms with Crippen LogP contribution in [0.1, 0.15) is 15.9 Å². The summed E-state index contributed by atoms with van der Waals surface area (Å²) in [6.45, 7) is 1.01. The van der Waals surface area contributed by atoms with E-state index < -0.39 is 11.5 Å². The number of nitrogens with one attached hydrogen (secondary N) is 2. The number of imidazole rings is 1. The number of rotatable bonds is 6. The number of carbonyl (C=O) groups excluding carboxylic acids is 1. The van der Waals surface area contributed by atoms with Crippen LogP contribution in [0.15, 0.2) is 78.2 Å². The highest BCUT2D eigenvalue weighted by Gasteiger charge is 2.16. The number of aromatic nitrogens is 3. The largest absolute Gasteiger partial charge is 0.454 e. The molecule has 32 heavy (non-hydrogen) atoms. The summed E-state index contributed by atoms with van der Waals surface area (Å²) < 4.78 is 12.8. The van der Waals surface area contributed by atoms with Crippen molar-refractivity contribution in [2.45, 2.75) is 13.0 Å². The first-order valence-electron chi connectivity index (χ1n) is 10.1. The third-order valence-corrected chi connectivity index (χ3v) is 5.28. The van der Waals surface area contributed by atoms with Crippen molar-refractivity contribution < 1.29 is 14.3 Å². The Hall–Kier alpha value is -4.33. The Morgan fingerprint density at radius 3 is 2.72 bits per heavy atom. The fraction of sp³-hybridized carbons (Fsp3) is 0.125. The lowest BCUT2D eigenvalue weighted by Crippen LogP contribution is -2.23. The van der Waals surface area contributed by atoms with Crippen LogP contribution in [-0.4, -0.2) is 27.2 Å². The molecule has 0 atom stereocenters. The SMILES string of the molecule is O=C(Nc1ccc(CCn2ccnc2)cc1)c1cc(-c2ccc3c(c2)OCO3)c[nH]c1=O. The van der Waals surface area contributed by atoms with Crippen LogP contribution in [0.5, 0.6) is 11.5 Å². The molecular weight excluding hydrogens is 408 g/mol. The summed E-state index contributed by atoms with van der Waals surface area (Å²) in [6.07, 6.45) is 7.88. The first-order valence-corrected chi connectivity index (χ1v) is 10.1. The second kappa shape index (κ2) is 8.43. The van der Waals surface area contributed by atoms with E-state index in [2.05, 4.69) is 15.3 Å². The van der Waals surface area contributed by atoms with Gasteiger partial charge in [0.25, 0.3) is 11.5 Å². The van der Waals surface area contributed by atoms with Crippen molar-refractivity contribution in [2.24, 2.45) is 0 Å². The number of hydrogen-bond donors (Lipinski definition) is 2. The molecular formula is C24H20N4O4. The van der Waals surface area contributed by atoms with Gasteiger partial charge in [0.2, 0.25) is 6.79 Å². The molecule has 2 N–H and O–H groups in total. The van der Waals surface area contributed by atoms with Crippen LogP contribution >= 0.6 is 0 Å². The van der Waals surface area contributed by atoms with E-state index in [1.165, 1.54) is 0 Å². The normalized spacial score (nSPS) is 12.0. The summed E-state index contributed by atoms with van der Waals surface area (Å²) in [5.74, 6) is 0.831. The number of fused-ring (bicyclic) bond motifs is 1. The van der Waals surface area contributed by atoms with E-state index in [9.17, 15) is 9.59 Å². The molecule has 5 rings (SSSR count). The van der Waals surface area contributed by atoms with Crippen molar-refractivity contribution in [2.75, 3.05) is 12.1 Å². The molecule has 0 aliphatic carbocycles. The summed E-state index contributed by atoms with van der Waals surface area (Å²) in [7, 11) is 0. The molecule has 0 spiro atoms. The van der Waals surface area contributed by atoms with Crippen LogP contribution in [0.2, 0.25) is 0 Å². The van der Waals surface area contributed by atoms with Gasteiger partial charge in [-0.05, 0) is 53.4 Å². The highest BCUT2D eigenvalue weighted by atomic mass is 16.7. The molecule has 3 heterocycles. The number of hydrogen-bond acceptors (Lipinski definition) is 5. The van der Waals surface area contributed by atoms with E-state index in [0.29, 0.717) is 22.7 Å². The van der Waals surface area contributed by atoms with Crippen molar-refractivity contribution in [1.29, 1.82) is 0 Å². The number of carbonyl (C=O) groups is 1. The number of H-pyrrole nitrogens is 1. The molecule has 2 aromatic heterocycles. The Kier molecular flexibility index (Phi) is 5.17. The first-order chi connectivity index (χ1) is 15.7. The molecule has 1 aliphatic rings. The zero-order chi connectivity index (χ0) is 21.9. The number of amides is 1. The fourth-order valence-corrected chi connectivity index (χ4v) is 3.53. The minimum atomic E-state index is -0.472. The summed E-state index contributed by atoms with van der Waals surface area (Å²) in [5, 5.41) is 2.80. The maximum absolute atomic E-state index is 12.8. The zero-order valence-electron chi connectivity index (χ0n) is 17.1. The third-order valence-electron chi connectivity index (χ3n) is 5.28. The monoisotopic (exact) mass is 428 g/mol. The topological polar surface area (TPSA) is 98.2 Å². The highest BCUT2D eigenvalue weighted by Crippen LogP contribution is 2.35. The Morgan fingerprint density at radius 2 is 1.91 bits per heavy atom. The number of aryl methyl sites for hydroxylation is 2.